The molecule has 0 bridgehead atoms. The minimum Gasteiger partial charge on any atom is -0.465 e. The SMILES string of the molecule is COC(=O)c1cc2c(s1)C(=O)N(CC#N)CC2. The van der Waals surface area contributed by atoms with E-state index in [0.717, 1.165) is 16.9 Å². The first-order valence-electron chi connectivity index (χ1n) is 5.04. The van der Waals surface area contributed by atoms with E-state index in [9.17, 15) is 9.59 Å². The fraction of sp³-hybridized carbons (Fsp3) is 0.364. The first-order chi connectivity index (χ1) is 8.17. The lowest BCUT2D eigenvalue weighted by Gasteiger charge is -2.23. The third-order valence-corrected chi connectivity index (χ3v) is 3.74. The van der Waals surface area contributed by atoms with Crippen LogP contribution in [0.2, 0.25) is 0 Å². The lowest BCUT2D eigenvalue weighted by Crippen LogP contribution is -2.36. The van der Waals surface area contributed by atoms with E-state index in [1.807, 2.05) is 6.07 Å². The van der Waals surface area contributed by atoms with Crippen LogP contribution in [0.1, 0.15) is 24.9 Å². The molecule has 2 heterocycles. The highest BCUT2D eigenvalue weighted by molar-refractivity contribution is 7.16. The van der Waals surface area contributed by atoms with E-state index in [-0.39, 0.29) is 12.5 Å². The number of hydrogen-bond acceptors (Lipinski definition) is 5. The van der Waals surface area contributed by atoms with Crippen LogP contribution in [0.4, 0.5) is 0 Å². The van der Waals surface area contributed by atoms with Gasteiger partial charge in [-0.25, -0.2) is 4.79 Å². The van der Waals surface area contributed by atoms with E-state index >= 15 is 0 Å². The van der Waals surface area contributed by atoms with Gasteiger partial charge in [-0.3, -0.25) is 4.79 Å². The number of hydrogen-bond donors (Lipinski definition) is 0. The second-order valence-electron chi connectivity index (χ2n) is 3.59. The van der Waals surface area contributed by atoms with Crippen LogP contribution in [-0.4, -0.2) is 37.0 Å². The molecule has 0 aromatic carbocycles. The van der Waals surface area contributed by atoms with Crippen LogP contribution >= 0.6 is 11.3 Å². The van der Waals surface area contributed by atoms with Crippen molar-refractivity contribution in [3.05, 3.63) is 21.4 Å². The molecule has 1 aromatic rings. The number of ether oxygens (including phenoxy) is 1. The highest BCUT2D eigenvalue weighted by Crippen LogP contribution is 2.28. The van der Waals surface area contributed by atoms with Crippen LogP contribution in [0.3, 0.4) is 0 Å². The van der Waals surface area contributed by atoms with Crippen LogP contribution in [0.15, 0.2) is 6.07 Å². The zero-order valence-electron chi connectivity index (χ0n) is 9.23. The predicted molar refractivity (Wildman–Crippen MR) is 60.9 cm³/mol. The number of fused-ring (bicyclic) bond motifs is 1. The minimum absolute atomic E-state index is 0.0870. The van der Waals surface area contributed by atoms with Gasteiger partial charge in [0.25, 0.3) is 5.91 Å². The number of esters is 1. The molecular formula is C11H10N2O3S. The van der Waals surface area contributed by atoms with E-state index < -0.39 is 5.97 Å². The van der Waals surface area contributed by atoms with E-state index in [4.69, 9.17) is 5.26 Å². The summed E-state index contributed by atoms with van der Waals surface area (Å²) < 4.78 is 4.62. The van der Waals surface area contributed by atoms with Gasteiger partial charge in [-0.1, -0.05) is 0 Å². The van der Waals surface area contributed by atoms with Gasteiger partial charge in [0.1, 0.15) is 11.4 Å². The van der Waals surface area contributed by atoms with Crippen LogP contribution in [-0.2, 0) is 11.2 Å². The minimum atomic E-state index is -0.427. The summed E-state index contributed by atoms with van der Waals surface area (Å²) in [5, 5.41) is 8.60. The highest BCUT2D eigenvalue weighted by Gasteiger charge is 2.28. The molecule has 1 aliphatic heterocycles. The summed E-state index contributed by atoms with van der Waals surface area (Å²) in [6.07, 6.45) is 0.677. The van der Waals surface area contributed by atoms with Gasteiger partial charge in [0, 0.05) is 6.54 Å². The summed E-state index contributed by atoms with van der Waals surface area (Å²) in [6, 6.07) is 3.66. The molecule has 0 aliphatic carbocycles. The Morgan fingerprint density at radius 3 is 3.12 bits per heavy atom. The first kappa shape index (κ1) is 11.6. The van der Waals surface area contributed by atoms with Crippen LogP contribution in [0, 0.1) is 11.3 Å². The third kappa shape index (κ3) is 2.01. The van der Waals surface area contributed by atoms with Crippen LogP contribution in [0.5, 0.6) is 0 Å². The topological polar surface area (TPSA) is 70.4 Å². The molecule has 1 amide bonds. The molecule has 5 nitrogen and oxygen atoms in total. The van der Waals surface area contributed by atoms with Gasteiger partial charge in [-0.05, 0) is 18.1 Å². The smallest absolute Gasteiger partial charge is 0.348 e. The number of rotatable bonds is 2. The summed E-state index contributed by atoms with van der Waals surface area (Å²) in [7, 11) is 1.31. The van der Waals surface area contributed by atoms with E-state index in [1.165, 1.54) is 12.0 Å². The maximum Gasteiger partial charge on any atom is 0.348 e. The summed E-state index contributed by atoms with van der Waals surface area (Å²) in [6.45, 7) is 0.612. The Balaban J connectivity index is 2.31. The summed E-state index contributed by atoms with van der Waals surface area (Å²) in [5.41, 5.74) is 0.870. The van der Waals surface area contributed by atoms with Crippen molar-refractivity contribution in [3.63, 3.8) is 0 Å². The molecule has 17 heavy (non-hydrogen) atoms. The lowest BCUT2D eigenvalue weighted by molar-refractivity contribution is 0.0606. The molecule has 2 rings (SSSR count). The van der Waals surface area contributed by atoms with E-state index in [1.54, 1.807) is 6.07 Å². The summed E-state index contributed by atoms with van der Waals surface area (Å²) in [5.74, 6) is -0.600. The number of thiophene rings is 1. The molecule has 0 spiro atoms. The predicted octanol–water partition coefficient (Wildman–Crippen LogP) is 1.06. The quantitative estimate of drug-likeness (QED) is 0.581. The van der Waals surface area contributed by atoms with Crippen LogP contribution in [0.25, 0.3) is 0 Å². The largest absolute Gasteiger partial charge is 0.465 e. The molecule has 88 valence electrons. The van der Waals surface area contributed by atoms with Crippen molar-refractivity contribution in [3.8, 4) is 6.07 Å². The standard InChI is InChI=1S/C11H10N2O3S/c1-16-11(15)8-6-7-2-4-13(5-3-12)10(14)9(7)17-8/h6H,2,4-5H2,1H3. The van der Waals surface area contributed by atoms with Gasteiger partial charge in [0.05, 0.1) is 18.1 Å². The maximum absolute atomic E-state index is 12.0. The molecule has 0 N–H and O–H groups in total. The Morgan fingerprint density at radius 2 is 2.47 bits per heavy atom. The fourth-order valence-corrected chi connectivity index (χ4v) is 2.83. The molecule has 1 aliphatic rings. The molecule has 0 saturated carbocycles. The van der Waals surface area contributed by atoms with Crippen molar-refractivity contribution in [2.45, 2.75) is 6.42 Å². The second kappa shape index (κ2) is 4.55. The maximum atomic E-state index is 12.0. The number of carbonyl (C=O) groups excluding carboxylic acids is 2. The molecule has 0 saturated heterocycles. The average Bonchev–Trinajstić information content (AvgIpc) is 2.77. The third-order valence-electron chi connectivity index (χ3n) is 2.59. The van der Waals surface area contributed by atoms with Gasteiger partial charge < -0.3 is 9.64 Å². The monoisotopic (exact) mass is 250 g/mol. The average molecular weight is 250 g/mol. The van der Waals surface area contributed by atoms with Crippen molar-refractivity contribution in [1.82, 2.24) is 4.90 Å². The molecule has 0 fully saturated rings. The van der Waals surface area contributed by atoms with E-state index in [2.05, 4.69) is 4.74 Å². The Hall–Kier alpha value is -1.87. The lowest BCUT2D eigenvalue weighted by atomic mass is 10.1. The Morgan fingerprint density at radius 1 is 1.71 bits per heavy atom. The number of carbonyl (C=O) groups is 2. The Kier molecular flexibility index (Phi) is 3.11. The molecule has 6 heteroatoms. The Bertz CT molecular complexity index is 515. The number of amides is 1. The molecular weight excluding hydrogens is 240 g/mol. The van der Waals surface area contributed by atoms with Gasteiger partial charge >= 0.3 is 5.97 Å². The number of nitrogens with zero attached hydrogens (tertiary/aromatic N) is 2. The van der Waals surface area contributed by atoms with Crippen molar-refractivity contribution in [1.29, 1.82) is 5.26 Å². The fourth-order valence-electron chi connectivity index (χ4n) is 1.73. The summed E-state index contributed by atoms with van der Waals surface area (Å²) in [4.78, 5) is 25.8. The van der Waals surface area contributed by atoms with Gasteiger partial charge in [0.15, 0.2) is 0 Å². The van der Waals surface area contributed by atoms with Gasteiger partial charge in [-0.15, -0.1) is 11.3 Å². The van der Waals surface area contributed by atoms with Crippen LogP contribution < -0.4 is 0 Å². The van der Waals surface area contributed by atoms with Crippen molar-refractivity contribution < 1.29 is 14.3 Å². The molecule has 0 unspecified atom stereocenters. The zero-order valence-corrected chi connectivity index (χ0v) is 10.0. The number of nitriles is 1. The summed E-state index contributed by atoms with van der Waals surface area (Å²) >= 11 is 1.13. The normalized spacial score (nSPS) is 14.1. The van der Waals surface area contributed by atoms with Crippen molar-refractivity contribution in [2.24, 2.45) is 0 Å². The first-order valence-corrected chi connectivity index (χ1v) is 5.86. The Labute approximate surface area is 102 Å². The van der Waals surface area contributed by atoms with E-state index in [0.29, 0.717) is 22.7 Å². The second-order valence-corrected chi connectivity index (χ2v) is 4.64. The molecule has 0 radical (unpaired) electrons. The molecule has 0 atom stereocenters. The van der Waals surface area contributed by atoms with Crippen molar-refractivity contribution in [2.75, 3.05) is 20.2 Å². The zero-order chi connectivity index (χ0) is 12.4. The number of methoxy groups -OCH3 is 1. The highest BCUT2D eigenvalue weighted by atomic mass is 32.1. The van der Waals surface area contributed by atoms with Crippen molar-refractivity contribution >= 4 is 23.2 Å². The van der Waals surface area contributed by atoms with Gasteiger partial charge in [-0.2, -0.15) is 5.26 Å². The van der Waals surface area contributed by atoms with Gasteiger partial charge in [0.2, 0.25) is 0 Å². The molecule has 1 aromatic heterocycles.